The highest BCUT2D eigenvalue weighted by atomic mass is 32.2. The van der Waals surface area contributed by atoms with Gasteiger partial charge in [0.15, 0.2) is 9.84 Å². The average Bonchev–Trinajstić information content (AvgIpc) is 3.49. The summed E-state index contributed by atoms with van der Waals surface area (Å²) in [4.78, 5) is 68.5. The average molecular weight is 828 g/mol. The van der Waals surface area contributed by atoms with Gasteiger partial charge in [0.05, 0.1) is 31.7 Å². The van der Waals surface area contributed by atoms with Gasteiger partial charge >= 0.3 is 11.9 Å². The van der Waals surface area contributed by atoms with E-state index in [4.69, 9.17) is 18.9 Å². The summed E-state index contributed by atoms with van der Waals surface area (Å²) in [5.41, 5.74) is 1.02. The second-order valence-corrected chi connectivity index (χ2v) is 17.7. The summed E-state index contributed by atoms with van der Waals surface area (Å²) in [6.45, 7) is 13.1. The third-order valence-electron chi connectivity index (χ3n) is 7.95. The molecule has 1 aromatic heterocycles. The molecule has 16 nitrogen and oxygen atoms in total. The lowest BCUT2D eigenvalue weighted by atomic mass is 10.1. The first-order chi connectivity index (χ1) is 27.0. The van der Waals surface area contributed by atoms with Gasteiger partial charge in [-0.2, -0.15) is 0 Å². The Labute approximate surface area is 340 Å². The zero-order valence-electron chi connectivity index (χ0n) is 34.6. The molecule has 1 unspecified atom stereocenters. The van der Waals surface area contributed by atoms with Crippen LogP contribution in [0.25, 0.3) is 10.9 Å². The monoisotopic (exact) mass is 827 g/mol. The van der Waals surface area contributed by atoms with Gasteiger partial charge in [0, 0.05) is 35.2 Å². The Kier molecular flexibility index (Phi) is 17.0. The lowest BCUT2D eigenvalue weighted by Gasteiger charge is -2.26. The van der Waals surface area contributed by atoms with E-state index in [9.17, 15) is 32.4 Å². The molecular formula is C41H57N5O11S. The van der Waals surface area contributed by atoms with Crippen molar-refractivity contribution in [3.8, 4) is 5.75 Å². The number of fused-ring (bicyclic) bond motifs is 1. The summed E-state index contributed by atoms with van der Waals surface area (Å²) in [5, 5.41) is 12.3. The Morgan fingerprint density at radius 2 is 1.52 bits per heavy atom. The van der Waals surface area contributed by atoms with E-state index in [1.807, 2.05) is 55.6 Å². The Morgan fingerprint density at radius 3 is 2.16 bits per heavy atom. The number of carbonyl (C=O) groups excluding carboxylic acids is 5. The quantitative estimate of drug-likeness (QED) is 0.0811. The maximum absolute atomic E-state index is 13.7. The van der Waals surface area contributed by atoms with Crippen LogP contribution in [0.1, 0.15) is 78.9 Å². The van der Waals surface area contributed by atoms with E-state index in [-0.39, 0.29) is 25.9 Å². The third-order valence-corrected chi connectivity index (χ3v) is 8.60. The predicted octanol–water partition coefficient (Wildman–Crippen LogP) is 3.83. The second kappa shape index (κ2) is 20.9. The minimum Gasteiger partial charge on any atom is -0.460 e. The van der Waals surface area contributed by atoms with Crippen molar-refractivity contribution in [1.29, 1.82) is 0 Å². The number of hydrogen-bond acceptors (Lipinski definition) is 12. The van der Waals surface area contributed by atoms with Gasteiger partial charge in [-0.15, -0.1) is 0 Å². The van der Waals surface area contributed by atoms with Gasteiger partial charge in [-0.25, -0.2) is 13.7 Å². The molecule has 5 N–H and O–H groups in total. The number of aromatic amines is 1. The maximum Gasteiger partial charge on any atom is 0.308 e. The molecule has 0 aliphatic carbocycles. The van der Waals surface area contributed by atoms with Gasteiger partial charge in [-0.05, 0) is 85.1 Å². The molecule has 0 saturated carbocycles. The van der Waals surface area contributed by atoms with Crippen molar-refractivity contribution in [3.63, 3.8) is 0 Å². The van der Waals surface area contributed by atoms with Gasteiger partial charge < -0.3 is 39.9 Å². The minimum absolute atomic E-state index is 0.139. The molecule has 0 fully saturated rings. The molecule has 4 atom stereocenters. The molecule has 3 rings (SSSR count). The molecule has 3 aromatic rings. The number of aromatic nitrogens is 1. The Morgan fingerprint density at radius 1 is 0.862 bits per heavy atom. The molecular weight excluding hydrogens is 771 g/mol. The van der Waals surface area contributed by atoms with Crippen molar-refractivity contribution in [2.75, 3.05) is 12.8 Å². The van der Waals surface area contributed by atoms with E-state index in [0.717, 1.165) is 39.8 Å². The summed E-state index contributed by atoms with van der Waals surface area (Å²) >= 11 is 0. The van der Waals surface area contributed by atoms with Gasteiger partial charge in [0.2, 0.25) is 17.7 Å². The fraction of sp³-hybridized carbons (Fsp3) is 0.488. The molecule has 318 valence electrons. The zero-order valence-corrected chi connectivity index (χ0v) is 35.4. The standard InChI is InChI=1S/C41H57N5O11S/c1-26-23-42-30-16-13-17-32(36(26)30)55-39(54-25-28-14-11-10-12-15-28)44-27(2)37(50)46-31(18-19-34(48)56-40(3,4)5)38(51)43-24-33(47)45-29(20-21-58(9,52)53)22-35(49)57-41(6,7)8/h10-17,20-21,23,27,29,31,39,42,44H,18-19,22,24-25H2,1-9H3,(H,43,51)(H,45,47)(H,46,50)/b21-20+/t27-,29+,31-,39?/m0/s1. The van der Waals surface area contributed by atoms with Crippen molar-refractivity contribution >= 4 is 50.4 Å². The van der Waals surface area contributed by atoms with Crippen LogP contribution in [0.3, 0.4) is 0 Å². The fourth-order valence-electron chi connectivity index (χ4n) is 5.41. The molecule has 2 aromatic carbocycles. The number of esters is 2. The second-order valence-electron chi connectivity index (χ2n) is 15.8. The Balaban J connectivity index is 1.76. The van der Waals surface area contributed by atoms with E-state index in [0.29, 0.717) is 5.75 Å². The maximum atomic E-state index is 13.7. The molecule has 0 aliphatic heterocycles. The van der Waals surface area contributed by atoms with Crippen LogP contribution < -0.4 is 26.0 Å². The number of nitrogens with one attached hydrogen (secondary N) is 5. The summed E-state index contributed by atoms with van der Waals surface area (Å²) < 4.78 is 46.6. The van der Waals surface area contributed by atoms with Gasteiger partial charge in [0.1, 0.15) is 23.0 Å². The van der Waals surface area contributed by atoms with E-state index in [1.165, 1.54) is 0 Å². The number of rotatable bonds is 20. The van der Waals surface area contributed by atoms with Crippen molar-refractivity contribution < 1.29 is 51.3 Å². The number of carbonyl (C=O) groups is 5. The van der Waals surface area contributed by atoms with E-state index in [2.05, 4.69) is 26.3 Å². The molecule has 17 heteroatoms. The molecule has 0 radical (unpaired) electrons. The molecule has 58 heavy (non-hydrogen) atoms. The van der Waals surface area contributed by atoms with Crippen molar-refractivity contribution in [2.45, 2.75) is 117 Å². The highest BCUT2D eigenvalue weighted by molar-refractivity contribution is 7.93. The number of amides is 3. The smallest absolute Gasteiger partial charge is 0.308 e. The highest BCUT2D eigenvalue weighted by Crippen LogP contribution is 2.29. The van der Waals surface area contributed by atoms with Crippen LogP contribution in [0.4, 0.5) is 0 Å². The normalized spacial score (nSPS) is 14.2. The van der Waals surface area contributed by atoms with E-state index < -0.39 is 81.8 Å². The van der Waals surface area contributed by atoms with Gasteiger partial charge in [0.25, 0.3) is 6.41 Å². The topological polar surface area (TPSA) is 220 Å². The first-order valence-electron chi connectivity index (χ1n) is 18.8. The van der Waals surface area contributed by atoms with Crippen LogP contribution in [0.15, 0.2) is 66.2 Å². The third kappa shape index (κ3) is 17.5. The van der Waals surface area contributed by atoms with Crippen LogP contribution >= 0.6 is 0 Å². The number of benzene rings is 2. The predicted molar refractivity (Wildman–Crippen MR) is 218 cm³/mol. The lowest BCUT2D eigenvalue weighted by molar-refractivity contribution is -0.156. The van der Waals surface area contributed by atoms with Gasteiger partial charge in [-0.3, -0.25) is 24.0 Å². The number of ether oxygens (including phenoxy) is 4. The van der Waals surface area contributed by atoms with E-state index >= 15 is 0 Å². The zero-order chi connectivity index (χ0) is 43.3. The molecule has 0 bridgehead atoms. The Hall–Kier alpha value is -5.26. The van der Waals surface area contributed by atoms with Crippen molar-refractivity contribution in [2.24, 2.45) is 0 Å². The van der Waals surface area contributed by atoms with Crippen LogP contribution in [-0.2, 0) is 54.6 Å². The van der Waals surface area contributed by atoms with Crippen LogP contribution in [0, 0.1) is 6.92 Å². The Bertz CT molecular complexity index is 2020. The van der Waals surface area contributed by atoms with Crippen LogP contribution in [0.2, 0.25) is 0 Å². The molecule has 0 saturated heterocycles. The SMILES string of the molecule is Cc1c[nH]c2cccc(OC(N[C@@H](C)C(=O)N[C@@H](CCC(=O)OC(C)(C)C)C(=O)NCC(=O)N[C@H](/C=C/S(C)(=O)=O)CC(=O)OC(C)(C)C)OCc3ccccc3)c12. The summed E-state index contributed by atoms with van der Waals surface area (Å²) in [5.74, 6) is -3.01. The summed E-state index contributed by atoms with van der Waals surface area (Å²) in [6, 6.07) is 11.5. The largest absolute Gasteiger partial charge is 0.460 e. The van der Waals surface area contributed by atoms with Crippen molar-refractivity contribution in [3.05, 3.63) is 77.3 Å². The summed E-state index contributed by atoms with van der Waals surface area (Å²) in [6.07, 6.45) is 1.99. The molecule has 0 aliphatic rings. The first-order valence-corrected chi connectivity index (χ1v) is 20.8. The van der Waals surface area contributed by atoms with Gasteiger partial charge in [-0.1, -0.05) is 42.5 Å². The number of hydrogen-bond donors (Lipinski definition) is 5. The minimum atomic E-state index is -3.61. The summed E-state index contributed by atoms with van der Waals surface area (Å²) in [7, 11) is -3.61. The molecule has 1 heterocycles. The number of aryl methyl sites for hydroxylation is 1. The fourth-order valence-corrected chi connectivity index (χ4v) is 5.88. The molecule has 3 amide bonds. The number of H-pyrrole nitrogens is 1. The van der Waals surface area contributed by atoms with Crippen LogP contribution in [-0.4, -0.2) is 91.6 Å². The highest BCUT2D eigenvalue weighted by Gasteiger charge is 2.29. The van der Waals surface area contributed by atoms with Crippen LogP contribution in [0.5, 0.6) is 5.75 Å². The van der Waals surface area contributed by atoms with Crippen molar-refractivity contribution in [1.82, 2.24) is 26.3 Å². The molecule has 0 spiro atoms. The number of sulfone groups is 1. The van der Waals surface area contributed by atoms with E-state index in [1.54, 1.807) is 54.5 Å². The lowest BCUT2D eigenvalue weighted by Crippen LogP contribution is -2.55. The first kappa shape index (κ1) is 47.1.